The van der Waals surface area contributed by atoms with Crippen molar-refractivity contribution in [2.45, 2.75) is 44.6 Å². The molecule has 1 saturated heterocycles. The minimum atomic E-state index is -1.09. The normalized spacial score (nSPS) is 22.5. The fraction of sp³-hybridized carbons (Fsp3) is 0.333. The molecule has 6 nitrogen and oxygen atoms in total. The lowest BCUT2D eigenvalue weighted by molar-refractivity contribution is -0.150. The van der Waals surface area contributed by atoms with Crippen LogP contribution in [0.15, 0.2) is 78.9 Å². The molecule has 2 aliphatic heterocycles. The second kappa shape index (κ2) is 10.9. The minimum absolute atomic E-state index is 0.0634. The van der Waals surface area contributed by atoms with Crippen molar-refractivity contribution in [1.29, 1.82) is 0 Å². The van der Waals surface area contributed by atoms with E-state index in [9.17, 15) is 14.7 Å². The molecule has 1 N–H and O–H groups in total. The maximum atomic E-state index is 14.1. The van der Waals surface area contributed by atoms with Crippen LogP contribution in [0.3, 0.4) is 0 Å². The number of anilines is 1. The number of ether oxygens (including phenoxy) is 1. The number of fused-ring (bicyclic) bond motifs is 2. The summed E-state index contributed by atoms with van der Waals surface area (Å²) >= 11 is 2.28. The van der Waals surface area contributed by atoms with Gasteiger partial charge in [-0.15, -0.1) is 0 Å². The van der Waals surface area contributed by atoms with Crippen LogP contribution in [0.4, 0.5) is 5.69 Å². The standard InChI is InChI=1S/C30H31IN2O4/c1-21-16-25(18-28(35)32(14-15-34)19-22-8-3-2-4-9-22)37-30(21)26-12-5-6-13-27(26)33(29(30)36)20-23-10-7-11-24(31)17-23/h2-13,17,21,25,34H,14-16,18-20H2,1H3/t21-,25-,30+/m1/s1. The molecular weight excluding hydrogens is 579 g/mol. The van der Waals surface area contributed by atoms with Crippen molar-refractivity contribution in [1.82, 2.24) is 4.90 Å². The molecule has 2 amide bonds. The lowest BCUT2D eigenvalue weighted by Crippen LogP contribution is -2.44. The highest BCUT2D eigenvalue weighted by Crippen LogP contribution is 2.53. The molecule has 5 rings (SSSR count). The molecule has 0 aliphatic carbocycles. The van der Waals surface area contributed by atoms with Gasteiger partial charge in [-0.2, -0.15) is 0 Å². The van der Waals surface area contributed by atoms with Crippen LogP contribution in [0.1, 0.15) is 36.5 Å². The first-order valence-electron chi connectivity index (χ1n) is 12.7. The first-order chi connectivity index (χ1) is 17.9. The van der Waals surface area contributed by atoms with Crippen molar-refractivity contribution in [3.8, 4) is 0 Å². The number of benzene rings is 3. The van der Waals surface area contributed by atoms with Gasteiger partial charge in [0.15, 0.2) is 5.60 Å². The van der Waals surface area contributed by atoms with E-state index < -0.39 is 5.60 Å². The Kier molecular flexibility index (Phi) is 7.65. The summed E-state index contributed by atoms with van der Waals surface area (Å²) in [6, 6.07) is 25.8. The van der Waals surface area contributed by atoms with Gasteiger partial charge >= 0.3 is 0 Å². The molecule has 192 valence electrons. The van der Waals surface area contributed by atoms with E-state index in [4.69, 9.17) is 4.74 Å². The summed E-state index contributed by atoms with van der Waals surface area (Å²) in [5, 5.41) is 9.57. The maximum Gasteiger partial charge on any atom is 0.264 e. The summed E-state index contributed by atoms with van der Waals surface area (Å²) in [6.45, 7) is 3.09. The van der Waals surface area contributed by atoms with E-state index >= 15 is 0 Å². The van der Waals surface area contributed by atoms with Crippen LogP contribution < -0.4 is 4.90 Å². The van der Waals surface area contributed by atoms with Crippen molar-refractivity contribution in [2.24, 2.45) is 5.92 Å². The number of para-hydroxylation sites is 1. The van der Waals surface area contributed by atoms with Gasteiger partial charge in [0.2, 0.25) is 5.91 Å². The Balaban J connectivity index is 1.37. The molecule has 0 bridgehead atoms. The monoisotopic (exact) mass is 610 g/mol. The number of nitrogens with zero attached hydrogens (tertiary/aromatic N) is 2. The van der Waals surface area contributed by atoms with E-state index in [2.05, 4.69) is 28.7 Å². The van der Waals surface area contributed by atoms with Crippen molar-refractivity contribution >= 4 is 40.1 Å². The van der Waals surface area contributed by atoms with E-state index in [0.717, 1.165) is 25.9 Å². The number of aliphatic hydroxyl groups excluding tert-OH is 1. The largest absolute Gasteiger partial charge is 0.395 e. The van der Waals surface area contributed by atoms with Crippen LogP contribution >= 0.6 is 22.6 Å². The Morgan fingerprint density at radius 3 is 2.57 bits per heavy atom. The van der Waals surface area contributed by atoms with Crippen LogP contribution in [-0.4, -0.2) is 41.1 Å². The van der Waals surface area contributed by atoms with Crippen LogP contribution in [0.2, 0.25) is 0 Å². The molecule has 3 aromatic rings. The predicted molar refractivity (Wildman–Crippen MR) is 151 cm³/mol. The number of hydrogen-bond donors (Lipinski definition) is 1. The summed E-state index contributed by atoms with van der Waals surface area (Å²) in [4.78, 5) is 30.9. The van der Waals surface area contributed by atoms with Gasteiger partial charge in [0, 0.05) is 28.1 Å². The third kappa shape index (κ3) is 5.04. The zero-order chi connectivity index (χ0) is 26.0. The molecule has 1 spiro atoms. The van der Waals surface area contributed by atoms with Crippen LogP contribution in [-0.2, 0) is 33.0 Å². The fourth-order valence-electron chi connectivity index (χ4n) is 5.67. The minimum Gasteiger partial charge on any atom is -0.395 e. The smallest absolute Gasteiger partial charge is 0.264 e. The number of rotatable bonds is 8. The summed E-state index contributed by atoms with van der Waals surface area (Å²) in [5.74, 6) is -0.228. The van der Waals surface area contributed by atoms with Gasteiger partial charge in [0.1, 0.15) is 0 Å². The summed E-state index contributed by atoms with van der Waals surface area (Å²) < 4.78 is 7.72. The third-order valence-corrected chi connectivity index (χ3v) is 8.06. The van der Waals surface area contributed by atoms with Gasteiger partial charge in [-0.25, -0.2) is 0 Å². The van der Waals surface area contributed by atoms with E-state index in [0.29, 0.717) is 19.5 Å². The zero-order valence-electron chi connectivity index (χ0n) is 20.8. The van der Waals surface area contributed by atoms with Gasteiger partial charge in [-0.05, 0) is 58.3 Å². The lowest BCUT2D eigenvalue weighted by atomic mass is 9.83. The van der Waals surface area contributed by atoms with Crippen molar-refractivity contribution in [2.75, 3.05) is 18.1 Å². The highest BCUT2D eigenvalue weighted by atomic mass is 127. The number of halogens is 1. The summed E-state index contributed by atoms with van der Waals surface area (Å²) in [6.07, 6.45) is 0.404. The number of carbonyl (C=O) groups excluding carboxylic acids is 2. The topological polar surface area (TPSA) is 70.1 Å². The van der Waals surface area contributed by atoms with Crippen molar-refractivity contribution in [3.05, 3.63) is 99.1 Å². The molecule has 0 unspecified atom stereocenters. The molecule has 7 heteroatoms. The Labute approximate surface area is 231 Å². The Hall–Kier alpha value is -2.75. The number of aliphatic hydroxyl groups is 1. The van der Waals surface area contributed by atoms with Gasteiger partial charge in [0.25, 0.3) is 5.91 Å². The molecule has 2 aliphatic rings. The van der Waals surface area contributed by atoms with Crippen LogP contribution in [0, 0.1) is 9.49 Å². The number of amides is 2. The summed E-state index contributed by atoms with van der Waals surface area (Å²) in [7, 11) is 0. The predicted octanol–water partition coefficient (Wildman–Crippen LogP) is 4.87. The summed E-state index contributed by atoms with van der Waals surface area (Å²) in [5.41, 5.74) is 2.73. The van der Waals surface area contributed by atoms with E-state index in [1.165, 1.54) is 0 Å². The Morgan fingerprint density at radius 1 is 1.08 bits per heavy atom. The molecule has 3 aromatic carbocycles. The van der Waals surface area contributed by atoms with E-state index in [1.54, 1.807) is 4.90 Å². The van der Waals surface area contributed by atoms with Gasteiger partial charge < -0.3 is 19.6 Å². The molecular formula is C30H31IN2O4. The quantitative estimate of drug-likeness (QED) is 0.370. The molecule has 0 saturated carbocycles. The molecule has 3 atom stereocenters. The highest BCUT2D eigenvalue weighted by molar-refractivity contribution is 14.1. The first kappa shape index (κ1) is 25.9. The fourth-order valence-corrected chi connectivity index (χ4v) is 6.27. The third-order valence-electron chi connectivity index (χ3n) is 7.39. The first-order valence-corrected chi connectivity index (χ1v) is 13.8. The SMILES string of the molecule is C[C@@H]1C[C@H](CC(=O)N(CCO)Cc2ccccc2)O[C@@]12C(=O)N(Cc1cccc(I)c1)c1ccccc12. The second-order valence-electron chi connectivity index (χ2n) is 9.88. The number of carbonyl (C=O) groups is 2. The van der Waals surface area contributed by atoms with E-state index in [-0.39, 0.29) is 43.4 Å². The van der Waals surface area contributed by atoms with Gasteiger partial charge in [-0.1, -0.05) is 67.6 Å². The average molecular weight is 610 g/mol. The van der Waals surface area contributed by atoms with Crippen LogP contribution in [0.5, 0.6) is 0 Å². The average Bonchev–Trinajstić information content (AvgIpc) is 3.34. The molecule has 1 fully saturated rings. The Morgan fingerprint density at radius 2 is 1.81 bits per heavy atom. The lowest BCUT2D eigenvalue weighted by Gasteiger charge is -2.28. The van der Waals surface area contributed by atoms with Crippen molar-refractivity contribution in [3.63, 3.8) is 0 Å². The van der Waals surface area contributed by atoms with E-state index in [1.807, 2.05) is 84.6 Å². The number of hydrogen-bond acceptors (Lipinski definition) is 4. The Bertz CT molecular complexity index is 1280. The maximum absolute atomic E-state index is 14.1. The van der Waals surface area contributed by atoms with Gasteiger partial charge in [-0.3, -0.25) is 9.59 Å². The molecule has 0 aromatic heterocycles. The second-order valence-corrected chi connectivity index (χ2v) is 11.1. The highest BCUT2D eigenvalue weighted by Gasteiger charge is 2.60. The molecule has 37 heavy (non-hydrogen) atoms. The van der Waals surface area contributed by atoms with Crippen LogP contribution in [0.25, 0.3) is 0 Å². The van der Waals surface area contributed by atoms with Crippen molar-refractivity contribution < 1.29 is 19.4 Å². The zero-order valence-corrected chi connectivity index (χ0v) is 23.0. The molecule has 0 radical (unpaired) electrons. The molecule has 2 heterocycles. The van der Waals surface area contributed by atoms with Gasteiger partial charge in [0.05, 0.1) is 31.4 Å².